The van der Waals surface area contributed by atoms with Crippen LogP contribution in [-0.4, -0.2) is 29.3 Å². The molecule has 1 N–H and O–H groups in total. The first-order valence-corrected chi connectivity index (χ1v) is 6.85. The Hall–Kier alpha value is -1.36. The molecule has 2 amide bonds. The highest BCUT2D eigenvalue weighted by atomic mass is 32.1. The molecule has 0 saturated carbocycles. The number of rotatable bonds is 1. The fourth-order valence-corrected chi connectivity index (χ4v) is 3.34. The van der Waals surface area contributed by atoms with E-state index in [2.05, 4.69) is 5.32 Å². The standard InChI is InChI=1S/C12H14N2O2S/c15-11-10(3-1-2-4-13-11)14-5-8-6-17-7-9(8)12(14)16/h6-7,10H,1-5H2,(H,13,15). The minimum Gasteiger partial charge on any atom is -0.354 e. The third kappa shape index (κ3) is 1.74. The number of hydrogen-bond acceptors (Lipinski definition) is 3. The van der Waals surface area contributed by atoms with Crippen LogP contribution >= 0.6 is 11.3 Å². The summed E-state index contributed by atoms with van der Waals surface area (Å²) in [4.78, 5) is 25.8. The highest BCUT2D eigenvalue weighted by molar-refractivity contribution is 7.08. The molecule has 0 aromatic carbocycles. The second-order valence-electron chi connectivity index (χ2n) is 4.55. The van der Waals surface area contributed by atoms with E-state index in [9.17, 15) is 9.59 Å². The molecule has 1 atom stereocenters. The van der Waals surface area contributed by atoms with Gasteiger partial charge in [0.1, 0.15) is 6.04 Å². The maximum atomic E-state index is 12.2. The highest BCUT2D eigenvalue weighted by Gasteiger charge is 2.36. The molecule has 1 fully saturated rings. The van der Waals surface area contributed by atoms with E-state index in [4.69, 9.17) is 0 Å². The number of hydrogen-bond donors (Lipinski definition) is 1. The summed E-state index contributed by atoms with van der Waals surface area (Å²) in [5, 5.41) is 6.76. The Kier molecular flexibility index (Phi) is 2.63. The van der Waals surface area contributed by atoms with Gasteiger partial charge in [-0.05, 0) is 30.2 Å². The van der Waals surface area contributed by atoms with Crippen molar-refractivity contribution in [3.63, 3.8) is 0 Å². The maximum Gasteiger partial charge on any atom is 0.256 e. The van der Waals surface area contributed by atoms with Crippen LogP contribution in [0.1, 0.15) is 35.2 Å². The van der Waals surface area contributed by atoms with Gasteiger partial charge in [0.05, 0.1) is 5.56 Å². The molecule has 0 bridgehead atoms. The van der Waals surface area contributed by atoms with Crippen molar-refractivity contribution in [2.45, 2.75) is 31.8 Å². The number of nitrogens with one attached hydrogen (secondary N) is 1. The van der Waals surface area contributed by atoms with Crippen LogP contribution in [0.15, 0.2) is 10.8 Å². The zero-order chi connectivity index (χ0) is 11.8. The first kappa shape index (κ1) is 10.8. The molecule has 17 heavy (non-hydrogen) atoms. The van der Waals surface area contributed by atoms with Gasteiger partial charge in [-0.15, -0.1) is 0 Å². The zero-order valence-corrected chi connectivity index (χ0v) is 10.3. The number of carbonyl (C=O) groups is 2. The topological polar surface area (TPSA) is 49.4 Å². The van der Waals surface area contributed by atoms with Crippen LogP contribution in [0.3, 0.4) is 0 Å². The second-order valence-corrected chi connectivity index (χ2v) is 5.29. The van der Waals surface area contributed by atoms with Gasteiger partial charge in [0.25, 0.3) is 5.91 Å². The first-order chi connectivity index (χ1) is 8.27. The van der Waals surface area contributed by atoms with E-state index in [0.29, 0.717) is 6.54 Å². The fourth-order valence-electron chi connectivity index (χ4n) is 2.52. The number of thiophene rings is 1. The van der Waals surface area contributed by atoms with E-state index in [1.807, 2.05) is 10.8 Å². The van der Waals surface area contributed by atoms with Crippen molar-refractivity contribution < 1.29 is 9.59 Å². The highest BCUT2D eigenvalue weighted by Crippen LogP contribution is 2.29. The Morgan fingerprint density at radius 3 is 3.00 bits per heavy atom. The van der Waals surface area contributed by atoms with Gasteiger partial charge >= 0.3 is 0 Å². The lowest BCUT2D eigenvalue weighted by molar-refractivity contribution is -0.125. The number of fused-ring (bicyclic) bond motifs is 1. The quantitative estimate of drug-likeness (QED) is 0.818. The van der Waals surface area contributed by atoms with Gasteiger partial charge in [0.15, 0.2) is 0 Å². The predicted molar refractivity (Wildman–Crippen MR) is 64.8 cm³/mol. The van der Waals surface area contributed by atoms with Crippen molar-refractivity contribution in [2.24, 2.45) is 0 Å². The van der Waals surface area contributed by atoms with Crippen LogP contribution in [0, 0.1) is 0 Å². The fraction of sp³-hybridized carbons (Fsp3) is 0.500. The molecule has 0 radical (unpaired) electrons. The normalized spacial score (nSPS) is 24.5. The Morgan fingerprint density at radius 2 is 2.18 bits per heavy atom. The van der Waals surface area contributed by atoms with Crippen molar-refractivity contribution >= 4 is 23.2 Å². The van der Waals surface area contributed by atoms with Gasteiger partial charge in [0, 0.05) is 18.5 Å². The summed E-state index contributed by atoms with van der Waals surface area (Å²) in [5.74, 6) is 0.0213. The van der Waals surface area contributed by atoms with Crippen LogP contribution in [-0.2, 0) is 11.3 Å². The lowest BCUT2D eigenvalue weighted by Gasteiger charge is -2.25. The van der Waals surface area contributed by atoms with Gasteiger partial charge in [-0.1, -0.05) is 0 Å². The molecular weight excluding hydrogens is 236 g/mol. The Balaban J connectivity index is 1.84. The van der Waals surface area contributed by atoms with Gasteiger partial charge in [-0.25, -0.2) is 0 Å². The SMILES string of the molecule is O=C1NCCCCC1N1Cc2cscc2C1=O. The van der Waals surface area contributed by atoms with Crippen LogP contribution in [0.25, 0.3) is 0 Å². The first-order valence-electron chi connectivity index (χ1n) is 5.91. The number of carbonyl (C=O) groups excluding carboxylic acids is 2. The molecule has 90 valence electrons. The van der Waals surface area contributed by atoms with E-state index in [1.165, 1.54) is 0 Å². The van der Waals surface area contributed by atoms with Crippen LogP contribution in [0.2, 0.25) is 0 Å². The minimum atomic E-state index is -0.276. The molecule has 2 aliphatic heterocycles. The van der Waals surface area contributed by atoms with Gasteiger partial charge in [-0.3, -0.25) is 9.59 Å². The molecule has 3 rings (SSSR count). The van der Waals surface area contributed by atoms with Crippen molar-refractivity contribution in [3.05, 3.63) is 21.9 Å². The molecule has 1 aromatic heterocycles. The monoisotopic (exact) mass is 250 g/mol. The van der Waals surface area contributed by atoms with Gasteiger partial charge in [0.2, 0.25) is 5.91 Å². The van der Waals surface area contributed by atoms with Crippen LogP contribution in [0.4, 0.5) is 0 Å². The molecule has 1 aromatic rings. The summed E-state index contributed by atoms with van der Waals surface area (Å²) in [7, 11) is 0. The van der Waals surface area contributed by atoms with Crippen molar-refractivity contribution in [1.29, 1.82) is 0 Å². The summed E-state index contributed by atoms with van der Waals surface area (Å²) in [5.41, 5.74) is 1.85. The second kappa shape index (κ2) is 4.14. The van der Waals surface area contributed by atoms with E-state index < -0.39 is 0 Å². The Labute approximate surface area is 104 Å². The van der Waals surface area contributed by atoms with Gasteiger partial charge in [-0.2, -0.15) is 11.3 Å². The largest absolute Gasteiger partial charge is 0.354 e. The molecule has 5 heteroatoms. The third-order valence-corrected chi connectivity index (χ3v) is 4.25. The molecule has 3 heterocycles. The van der Waals surface area contributed by atoms with Crippen LogP contribution in [0.5, 0.6) is 0 Å². The summed E-state index contributed by atoms with van der Waals surface area (Å²) < 4.78 is 0. The lowest BCUT2D eigenvalue weighted by atomic mass is 10.1. The molecule has 1 saturated heterocycles. The molecule has 4 nitrogen and oxygen atoms in total. The third-order valence-electron chi connectivity index (χ3n) is 3.46. The maximum absolute atomic E-state index is 12.2. The Morgan fingerprint density at radius 1 is 1.29 bits per heavy atom. The summed E-state index contributed by atoms with van der Waals surface area (Å²) in [6, 6.07) is -0.276. The van der Waals surface area contributed by atoms with E-state index >= 15 is 0 Å². The lowest BCUT2D eigenvalue weighted by Crippen LogP contribution is -2.45. The van der Waals surface area contributed by atoms with E-state index in [-0.39, 0.29) is 17.9 Å². The van der Waals surface area contributed by atoms with Crippen molar-refractivity contribution in [2.75, 3.05) is 6.54 Å². The average Bonchev–Trinajstić information content (AvgIpc) is 2.81. The summed E-state index contributed by atoms with van der Waals surface area (Å²) in [6.07, 6.45) is 2.79. The molecule has 0 spiro atoms. The van der Waals surface area contributed by atoms with Crippen molar-refractivity contribution in [1.82, 2.24) is 10.2 Å². The smallest absolute Gasteiger partial charge is 0.256 e. The van der Waals surface area contributed by atoms with Crippen LogP contribution < -0.4 is 5.32 Å². The predicted octanol–water partition coefficient (Wildman–Crippen LogP) is 1.37. The van der Waals surface area contributed by atoms with E-state index in [1.54, 1.807) is 16.2 Å². The molecule has 1 unspecified atom stereocenters. The molecule has 2 aliphatic rings. The Bertz CT molecular complexity index is 469. The summed E-state index contributed by atoms with van der Waals surface area (Å²) in [6.45, 7) is 1.33. The number of amides is 2. The zero-order valence-electron chi connectivity index (χ0n) is 9.44. The summed E-state index contributed by atoms with van der Waals surface area (Å²) >= 11 is 1.55. The minimum absolute atomic E-state index is 0.00433. The van der Waals surface area contributed by atoms with Crippen molar-refractivity contribution in [3.8, 4) is 0 Å². The van der Waals surface area contributed by atoms with E-state index in [0.717, 1.165) is 36.9 Å². The molecule has 0 aliphatic carbocycles. The average molecular weight is 250 g/mol. The molecular formula is C12H14N2O2S. The number of nitrogens with zero attached hydrogens (tertiary/aromatic N) is 1. The van der Waals surface area contributed by atoms with Gasteiger partial charge < -0.3 is 10.2 Å².